The lowest BCUT2D eigenvalue weighted by Gasteiger charge is -2.28. The summed E-state index contributed by atoms with van der Waals surface area (Å²) < 4.78 is 16.0. The second kappa shape index (κ2) is 20.4. The van der Waals surface area contributed by atoms with Gasteiger partial charge in [0.05, 0.1) is 25.7 Å². The molecule has 2 unspecified atom stereocenters. The Kier molecular flexibility index (Phi) is 16.9. The maximum atomic E-state index is 11.9. The zero-order valence-electron chi connectivity index (χ0n) is 26.2. The first kappa shape index (κ1) is 35.6. The smallest absolute Gasteiger partial charge is 0.417 e. The van der Waals surface area contributed by atoms with Crippen molar-refractivity contribution >= 4 is 11.9 Å². The molecule has 2 atom stereocenters. The highest BCUT2D eigenvalue weighted by Gasteiger charge is 2.32. The van der Waals surface area contributed by atoms with Crippen LogP contribution in [0, 0.1) is 11.3 Å². The number of ether oxygens (including phenoxy) is 3. The van der Waals surface area contributed by atoms with Crippen LogP contribution < -0.4 is 14.8 Å². The number of nitriles is 1. The maximum absolute atomic E-state index is 11.9. The second-order valence-corrected chi connectivity index (χ2v) is 11.1. The number of rotatable bonds is 22. The van der Waals surface area contributed by atoms with Crippen LogP contribution in [0.3, 0.4) is 0 Å². The second-order valence-electron chi connectivity index (χ2n) is 11.1. The molecule has 2 rings (SSSR count). The van der Waals surface area contributed by atoms with Crippen molar-refractivity contribution in [2.24, 2.45) is 0 Å². The van der Waals surface area contributed by atoms with Crippen molar-refractivity contribution in [3.63, 3.8) is 0 Å². The Morgan fingerprint density at radius 2 is 1.44 bits per heavy atom. The third-order valence-electron chi connectivity index (χ3n) is 7.97. The van der Waals surface area contributed by atoms with Crippen LogP contribution in [0.15, 0.2) is 48.5 Å². The molecule has 236 valence electrons. The fraction of sp³-hybridized carbons (Fsp3) is 0.571. The molecular formula is C35H50N2O6. The monoisotopic (exact) mass is 594 g/mol. The minimum atomic E-state index is -1.64. The number of hydrogen-bond acceptors (Lipinski definition) is 7. The average molecular weight is 595 g/mol. The third kappa shape index (κ3) is 12.7. The van der Waals surface area contributed by atoms with Gasteiger partial charge in [-0.1, -0.05) is 95.4 Å². The van der Waals surface area contributed by atoms with Crippen LogP contribution in [0.1, 0.15) is 108 Å². The van der Waals surface area contributed by atoms with Crippen molar-refractivity contribution in [3.05, 3.63) is 59.7 Å². The van der Waals surface area contributed by atoms with Crippen molar-refractivity contribution in [1.29, 1.82) is 5.26 Å². The van der Waals surface area contributed by atoms with Gasteiger partial charge in [0.1, 0.15) is 17.6 Å². The highest BCUT2D eigenvalue weighted by Crippen LogP contribution is 2.36. The number of carbonyl (C=O) groups is 2. The number of benzene rings is 2. The van der Waals surface area contributed by atoms with Crippen molar-refractivity contribution in [2.75, 3.05) is 27.3 Å². The topological polar surface area (TPSA) is 118 Å². The number of carbonyl (C=O) groups excluding carboxylic acids is 1. The summed E-state index contributed by atoms with van der Waals surface area (Å²) in [4.78, 5) is 23.0. The van der Waals surface area contributed by atoms with E-state index in [1.54, 1.807) is 31.4 Å². The SMILES string of the molecule is CCCCCCCCCCCCC(C#N)(CCCNCC(OC(=O)C(=O)O)c1cccc(OC)c1)c1cccc(OC)c1. The van der Waals surface area contributed by atoms with E-state index >= 15 is 0 Å². The summed E-state index contributed by atoms with van der Waals surface area (Å²) in [6.07, 6.45) is 13.7. The van der Waals surface area contributed by atoms with Gasteiger partial charge >= 0.3 is 11.9 Å². The number of unbranched alkanes of at least 4 members (excludes halogenated alkanes) is 9. The van der Waals surface area contributed by atoms with Gasteiger partial charge in [-0.25, -0.2) is 9.59 Å². The van der Waals surface area contributed by atoms with Gasteiger partial charge in [0, 0.05) is 6.54 Å². The number of methoxy groups -OCH3 is 2. The van der Waals surface area contributed by atoms with Gasteiger partial charge in [0.15, 0.2) is 0 Å². The van der Waals surface area contributed by atoms with E-state index in [1.807, 2.05) is 24.3 Å². The Morgan fingerprint density at radius 1 is 0.860 bits per heavy atom. The maximum Gasteiger partial charge on any atom is 0.417 e. The summed E-state index contributed by atoms with van der Waals surface area (Å²) in [5, 5.41) is 22.9. The van der Waals surface area contributed by atoms with Gasteiger partial charge in [-0.3, -0.25) is 0 Å². The van der Waals surface area contributed by atoms with E-state index in [0.29, 0.717) is 30.7 Å². The van der Waals surface area contributed by atoms with E-state index in [1.165, 1.54) is 58.5 Å². The molecule has 0 heterocycles. The van der Waals surface area contributed by atoms with Gasteiger partial charge in [-0.05, 0) is 61.2 Å². The van der Waals surface area contributed by atoms with Crippen LogP contribution in [0.25, 0.3) is 0 Å². The van der Waals surface area contributed by atoms with Gasteiger partial charge in [0.2, 0.25) is 0 Å². The van der Waals surface area contributed by atoms with E-state index in [4.69, 9.17) is 19.3 Å². The Bertz CT molecular complexity index is 1150. The Labute approximate surface area is 257 Å². The van der Waals surface area contributed by atoms with E-state index in [2.05, 4.69) is 18.3 Å². The summed E-state index contributed by atoms with van der Waals surface area (Å²) in [5.74, 6) is -1.64. The van der Waals surface area contributed by atoms with E-state index < -0.39 is 23.5 Å². The predicted octanol–water partition coefficient (Wildman–Crippen LogP) is 7.52. The predicted molar refractivity (Wildman–Crippen MR) is 168 cm³/mol. The molecule has 2 aromatic carbocycles. The van der Waals surface area contributed by atoms with Gasteiger partial charge in [-0.15, -0.1) is 0 Å². The molecule has 0 aliphatic rings. The molecule has 0 bridgehead atoms. The molecule has 0 spiro atoms. The summed E-state index contributed by atoms with van der Waals surface area (Å²) in [6, 6.07) is 17.5. The van der Waals surface area contributed by atoms with Gasteiger partial charge in [-0.2, -0.15) is 5.26 Å². The summed E-state index contributed by atoms with van der Waals surface area (Å²) in [5.41, 5.74) is 0.957. The minimum Gasteiger partial charge on any atom is -0.497 e. The van der Waals surface area contributed by atoms with Crippen molar-refractivity contribution in [2.45, 2.75) is 102 Å². The Hall–Kier alpha value is -3.57. The fourth-order valence-electron chi connectivity index (χ4n) is 5.42. The average Bonchev–Trinajstić information content (AvgIpc) is 3.03. The molecule has 0 fully saturated rings. The number of hydrogen-bond donors (Lipinski definition) is 2. The molecule has 2 aromatic rings. The van der Waals surface area contributed by atoms with Crippen molar-refractivity contribution in [1.82, 2.24) is 5.32 Å². The fourth-order valence-corrected chi connectivity index (χ4v) is 5.42. The number of esters is 1. The largest absolute Gasteiger partial charge is 0.497 e. The lowest BCUT2D eigenvalue weighted by atomic mass is 9.74. The zero-order valence-corrected chi connectivity index (χ0v) is 26.2. The lowest BCUT2D eigenvalue weighted by Crippen LogP contribution is -2.30. The van der Waals surface area contributed by atoms with E-state index in [-0.39, 0.29) is 6.54 Å². The molecule has 0 aliphatic heterocycles. The molecule has 0 saturated heterocycles. The van der Waals surface area contributed by atoms with E-state index in [0.717, 1.165) is 30.6 Å². The van der Waals surface area contributed by atoms with Crippen LogP contribution in [0.4, 0.5) is 0 Å². The Morgan fingerprint density at radius 3 is 2.05 bits per heavy atom. The van der Waals surface area contributed by atoms with Crippen LogP contribution >= 0.6 is 0 Å². The van der Waals surface area contributed by atoms with Crippen LogP contribution in [0.5, 0.6) is 11.5 Å². The van der Waals surface area contributed by atoms with Crippen molar-refractivity contribution < 1.29 is 28.9 Å². The molecule has 0 radical (unpaired) electrons. The van der Waals surface area contributed by atoms with E-state index in [9.17, 15) is 14.9 Å². The lowest BCUT2D eigenvalue weighted by molar-refractivity contribution is -0.167. The highest BCUT2D eigenvalue weighted by atomic mass is 16.6. The first-order chi connectivity index (χ1) is 20.9. The molecule has 0 aromatic heterocycles. The van der Waals surface area contributed by atoms with Gasteiger partial charge in [0.25, 0.3) is 0 Å². The minimum absolute atomic E-state index is 0.226. The molecule has 0 amide bonds. The van der Waals surface area contributed by atoms with Crippen LogP contribution in [-0.2, 0) is 19.7 Å². The molecule has 0 saturated carbocycles. The number of carboxylic acid groups (broad SMARTS) is 1. The number of aliphatic carboxylic acids is 1. The zero-order chi connectivity index (χ0) is 31.3. The summed E-state index contributed by atoms with van der Waals surface area (Å²) in [7, 11) is 3.17. The molecule has 8 heteroatoms. The molecule has 0 aliphatic carbocycles. The number of nitrogens with one attached hydrogen (secondary N) is 1. The normalized spacial score (nSPS) is 13.0. The molecular weight excluding hydrogens is 544 g/mol. The first-order valence-corrected chi connectivity index (χ1v) is 15.7. The quantitative estimate of drug-likeness (QED) is 0.0817. The van der Waals surface area contributed by atoms with Crippen LogP contribution in [0.2, 0.25) is 0 Å². The highest BCUT2D eigenvalue weighted by molar-refractivity contribution is 6.28. The van der Waals surface area contributed by atoms with Gasteiger partial charge < -0.3 is 24.6 Å². The Balaban J connectivity index is 1.98. The summed E-state index contributed by atoms with van der Waals surface area (Å²) in [6.45, 7) is 3.03. The third-order valence-corrected chi connectivity index (χ3v) is 7.97. The number of nitrogens with zero attached hydrogens (tertiary/aromatic N) is 1. The molecule has 2 N–H and O–H groups in total. The first-order valence-electron chi connectivity index (χ1n) is 15.7. The molecule has 8 nitrogen and oxygen atoms in total. The van der Waals surface area contributed by atoms with Crippen LogP contribution in [-0.4, -0.2) is 44.4 Å². The number of carboxylic acids is 1. The molecule has 43 heavy (non-hydrogen) atoms. The summed E-state index contributed by atoms with van der Waals surface area (Å²) >= 11 is 0. The van der Waals surface area contributed by atoms with Crippen molar-refractivity contribution in [3.8, 4) is 17.6 Å². The standard InChI is InChI=1S/C35H50N2O6/c1-4-5-6-7-8-9-10-11-12-13-21-35(27-36,29-18-15-20-31(25-29)42-3)22-16-23-37-26-32(43-34(40)33(38)39)28-17-14-19-30(24-28)41-2/h14-15,17-20,24-25,32,37H,4-13,16,21-23,26H2,1-3H3,(H,38,39).